The molecule has 3 rings (SSSR count). The van der Waals surface area contributed by atoms with Gasteiger partial charge in [-0.3, -0.25) is 0 Å². The summed E-state index contributed by atoms with van der Waals surface area (Å²) in [5.41, 5.74) is 6.70. The topological polar surface area (TPSA) is 69.6 Å². The second-order valence-corrected chi connectivity index (χ2v) is 4.13. The highest BCUT2D eigenvalue weighted by atomic mass is 19.1. The van der Waals surface area contributed by atoms with Crippen LogP contribution in [0.5, 0.6) is 0 Å². The van der Waals surface area contributed by atoms with E-state index < -0.39 is 5.82 Å². The zero-order valence-electron chi connectivity index (χ0n) is 10.2. The highest BCUT2D eigenvalue weighted by Crippen LogP contribution is 2.23. The highest BCUT2D eigenvalue weighted by Gasteiger charge is 2.12. The van der Waals surface area contributed by atoms with Gasteiger partial charge in [-0.1, -0.05) is 0 Å². The summed E-state index contributed by atoms with van der Waals surface area (Å²) in [6, 6.07) is 9.91. The van der Waals surface area contributed by atoms with Gasteiger partial charge in [-0.2, -0.15) is 4.68 Å². The first-order chi connectivity index (χ1) is 9.65. The number of benzene rings is 2. The van der Waals surface area contributed by atoms with Crippen molar-refractivity contribution in [2.24, 2.45) is 0 Å². The first kappa shape index (κ1) is 12.2. The van der Waals surface area contributed by atoms with E-state index in [4.69, 9.17) is 5.73 Å². The second kappa shape index (κ2) is 4.69. The zero-order chi connectivity index (χ0) is 14.1. The van der Waals surface area contributed by atoms with Gasteiger partial charge in [0.15, 0.2) is 5.82 Å². The van der Waals surface area contributed by atoms with Crippen LogP contribution in [0.25, 0.3) is 17.1 Å². The fourth-order valence-corrected chi connectivity index (χ4v) is 1.81. The van der Waals surface area contributed by atoms with Crippen molar-refractivity contribution in [1.82, 2.24) is 20.2 Å². The zero-order valence-corrected chi connectivity index (χ0v) is 10.2. The Labute approximate surface area is 112 Å². The van der Waals surface area contributed by atoms with Crippen molar-refractivity contribution < 1.29 is 8.78 Å². The molecule has 2 N–H and O–H groups in total. The average Bonchev–Trinajstić information content (AvgIpc) is 2.92. The van der Waals surface area contributed by atoms with Gasteiger partial charge in [-0.25, -0.2) is 8.78 Å². The minimum absolute atomic E-state index is 0.0103. The summed E-state index contributed by atoms with van der Waals surface area (Å²) in [4.78, 5) is 0. The predicted octanol–water partition coefficient (Wildman–Crippen LogP) is 2.19. The van der Waals surface area contributed by atoms with Gasteiger partial charge >= 0.3 is 0 Å². The Kier molecular flexibility index (Phi) is 2.86. The van der Waals surface area contributed by atoms with Gasteiger partial charge in [0.05, 0.1) is 11.4 Å². The summed E-state index contributed by atoms with van der Waals surface area (Å²) in [5, 5.41) is 11.3. The van der Waals surface area contributed by atoms with Crippen LogP contribution in [0, 0.1) is 11.6 Å². The molecule has 0 saturated carbocycles. The molecule has 0 fully saturated rings. The van der Waals surface area contributed by atoms with Crippen molar-refractivity contribution in [3.63, 3.8) is 0 Å². The molecule has 0 aliphatic heterocycles. The number of hydrogen-bond donors (Lipinski definition) is 1. The minimum atomic E-state index is -0.505. The van der Waals surface area contributed by atoms with Crippen LogP contribution in [0.15, 0.2) is 42.5 Å². The monoisotopic (exact) mass is 273 g/mol. The molecule has 2 aromatic carbocycles. The number of halogens is 2. The van der Waals surface area contributed by atoms with E-state index in [0.29, 0.717) is 17.1 Å². The Bertz CT molecular complexity index is 752. The third-order valence-corrected chi connectivity index (χ3v) is 2.79. The highest BCUT2D eigenvalue weighted by molar-refractivity contribution is 5.62. The Morgan fingerprint density at radius 3 is 2.45 bits per heavy atom. The van der Waals surface area contributed by atoms with E-state index in [1.54, 1.807) is 12.1 Å². The molecule has 1 heterocycles. The molecule has 7 heteroatoms. The molecule has 0 aliphatic rings. The SMILES string of the molecule is Nc1cc(-c2nnnn2-c2ccc(F)cc2)ccc1F. The fourth-order valence-electron chi connectivity index (χ4n) is 1.81. The summed E-state index contributed by atoms with van der Waals surface area (Å²) in [6.45, 7) is 0. The van der Waals surface area contributed by atoms with Crippen LogP contribution in [-0.4, -0.2) is 20.2 Å². The van der Waals surface area contributed by atoms with E-state index in [1.165, 1.54) is 35.0 Å². The van der Waals surface area contributed by atoms with E-state index in [2.05, 4.69) is 15.5 Å². The third kappa shape index (κ3) is 2.09. The molecule has 1 aromatic heterocycles. The van der Waals surface area contributed by atoms with E-state index in [-0.39, 0.29) is 11.5 Å². The van der Waals surface area contributed by atoms with Crippen molar-refractivity contribution in [3.05, 3.63) is 54.1 Å². The lowest BCUT2D eigenvalue weighted by atomic mass is 10.2. The number of nitrogen functional groups attached to an aromatic ring is 1. The summed E-state index contributed by atoms with van der Waals surface area (Å²) in [6.07, 6.45) is 0. The molecule has 3 aromatic rings. The lowest BCUT2D eigenvalue weighted by Crippen LogP contribution is -2.00. The normalized spacial score (nSPS) is 10.7. The first-order valence-electron chi connectivity index (χ1n) is 5.75. The summed E-state index contributed by atoms with van der Waals surface area (Å²) in [5.74, 6) is -0.465. The molecule has 0 atom stereocenters. The maximum absolute atomic E-state index is 13.2. The Balaban J connectivity index is 2.10. The third-order valence-electron chi connectivity index (χ3n) is 2.79. The quantitative estimate of drug-likeness (QED) is 0.727. The van der Waals surface area contributed by atoms with Crippen molar-refractivity contribution in [2.75, 3.05) is 5.73 Å². The molecular formula is C13H9F2N5. The van der Waals surface area contributed by atoms with Crippen molar-refractivity contribution in [3.8, 4) is 17.1 Å². The van der Waals surface area contributed by atoms with Crippen LogP contribution in [0.4, 0.5) is 14.5 Å². The molecular weight excluding hydrogens is 264 g/mol. The lowest BCUT2D eigenvalue weighted by molar-refractivity contribution is 0.626. The maximum Gasteiger partial charge on any atom is 0.187 e. The van der Waals surface area contributed by atoms with Crippen molar-refractivity contribution >= 4 is 5.69 Å². The molecule has 0 amide bonds. The molecule has 0 unspecified atom stereocenters. The average molecular weight is 273 g/mol. The predicted molar refractivity (Wildman–Crippen MR) is 68.9 cm³/mol. The Hall–Kier alpha value is -2.83. The van der Waals surface area contributed by atoms with Crippen LogP contribution in [0.2, 0.25) is 0 Å². The number of anilines is 1. The van der Waals surface area contributed by atoms with Gasteiger partial charge in [0.2, 0.25) is 0 Å². The lowest BCUT2D eigenvalue weighted by Gasteiger charge is -2.05. The van der Waals surface area contributed by atoms with Gasteiger partial charge in [-0.05, 0) is 52.9 Å². The van der Waals surface area contributed by atoms with Crippen LogP contribution in [-0.2, 0) is 0 Å². The van der Waals surface area contributed by atoms with E-state index in [9.17, 15) is 8.78 Å². The number of aromatic nitrogens is 4. The van der Waals surface area contributed by atoms with E-state index in [1.807, 2.05) is 0 Å². The molecule has 0 aliphatic carbocycles. The molecule has 20 heavy (non-hydrogen) atoms. The largest absolute Gasteiger partial charge is 0.396 e. The van der Waals surface area contributed by atoms with Crippen LogP contribution < -0.4 is 5.73 Å². The van der Waals surface area contributed by atoms with E-state index in [0.717, 1.165) is 0 Å². The van der Waals surface area contributed by atoms with Crippen LogP contribution >= 0.6 is 0 Å². The number of nitrogens with zero attached hydrogens (tertiary/aromatic N) is 4. The van der Waals surface area contributed by atoms with Gasteiger partial charge in [0.1, 0.15) is 11.6 Å². The molecule has 0 saturated heterocycles. The minimum Gasteiger partial charge on any atom is -0.396 e. The number of rotatable bonds is 2. The molecule has 0 spiro atoms. The number of tetrazole rings is 1. The Morgan fingerprint density at radius 1 is 1.00 bits per heavy atom. The molecule has 0 bridgehead atoms. The van der Waals surface area contributed by atoms with Gasteiger partial charge in [-0.15, -0.1) is 5.10 Å². The number of hydrogen-bond acceptors (Lipinski definition) is 4. The summed E-state index contributed by atoms with van der Waals surface area (Å²) in [7, 11) is 0. The molecule has 100 valence electrons. The second-order valence-electron chi connectivity index (χ2n) is 4.13. The first-order valence-corrected chi connectivity index (χ1v) is 5.75. The standard InChI is InChI=1S/C13H9F2N5/c14-9-2-4-10(5-3-9)20-13(17-18-19-20)8-1-6-11(15)12(16)7-8/h1-7H,16H2. The molecule has 5 nitrogen and oxygen atoms in total. The summed E-state index contributed by atoms with van der Waals surface area (Å²) >= 11 is 0. The van der Waals surface area contributed by atoms with Crippen molar-refractivity contribution in [1.29, 1.82) is 0 Å². The summed E-state index contributed by atoms with van der Waals surface area (Å²) < 4.78 is 27.5. The number of nitrogens with two attached hydrogens (primary N) is 1. The van der Waals surface area contributed by atoms with Crippen molar-refractivity contribution in [2.45, 2.75) is 0 Å². The van der Waals surface area contributed by atoms with Crippen LogP contribution in [0.3, 0.4) is 0 Å². The maximum atomic E-state index is 13.2. The van der Waals surface area contributed by atoms with Gasteiger partial charge < -0.3 is 5.73 Å². The molecule has 0 radical (unpaired) electrons. The smallest absolute Gasteiger partial charge is 0.187 e. The van der Waals surface area contributed by atoms with Gasteiger partial charge in [0, 0.05) is 5.56 Å². The van der Waals surface area contributed by atoms with Crippen LogP contribution in [0.1, 0.15) is 0 Å². The Morgan fingerprint density at radius 2 is 1.75 bits per heavy atom. The van der Waals surface area contributed by atoms with E-state index >= 15 is 0 Å². The fraction of sp³-hybridized carbons (Fsp3) is 0. The van der Waals surface area contributed by atoms with Gasteiger partial charge in [0.25, 0.3) is 0 Å².